The van der Waals surface area contributed by atoms with Crippen LogP contribution in [0, 0.1) is 11.3 Å². The van der Waals surface area contributed by atoms with E-state index < -0.39 is 0 Å². The Kier molecular flexibility index (Phi) is 1.99. The van der Waals surface area contributed by atoms with Crippen molar-refractivity contribution in [1.82, 2.24) is 0 Å². The SMILES string of the molecule is C=C1[C@@H]2CCC[C@@]23C=C[C@H](O3)C12CCCCC2. The lowest BCUT2D eigenvalue weighted by molar-refractivity contribution is -0.127. The van der Waals surface area contributed by atoms with Gasteiger partial charge in [0.1, 0.15) is 0 Å². The summed E-state index contributed by atoms with van der Waals surface area (Å²) < 4.78 is 6.50. The van der Waals surface area contributed by atoms with E-state index in [0.717, 1.165) is 0 Å². The molecule has 1 saturated heterocycles. The van der Waals surface area contributed by atoms with E-state index in [1.165, 1.54) is 51.4 Å². The molecule has 0 aromatic heterocycles. The van der Waals surface area contributed by atoms with Crippen molar-refractivity contribution < 1.29 is 4.74 Å². The molecule has 1 heteroatoms. The highest BCUT2D eigenvalue weighted by Gasteiger charge is 2.60. The summed E-state index contributed by atoms with van der Waals surface area (Å²) in [6, 6.07) is 0. The maximum absolute atomic E-state index is 6.50. The van der Waals surface area contributed by atoms with Gasteiger partial charge in [0.25, 0.3) is 0 Å². The van der Waals surface area contributed by atoms with Crippen molar-refractivity contribution in [3.8, 4) is 0 Å². The molecule has 2 aliphatic heterocycles. The third-order valence-electron chi connectivity index (χ3n) is 5.90. The van der Waals surface area contributed by atoms with Gasteiger partial charge in [-0.1, -0.05) is 43.6 Å². The van der Waals surface area contributed by atoms with Crippen molar-refractivity contribution in [3.63, 3.8) is 0 Å². The zero-order valence-electron chi connectivity index (χ0n) is 10.6. The molecule has 0 unspecified atom stereocenters. The molecule has 0 amide bonds. The molecule has 3 atom stereocenters. The molecule has 0 radical (unpaired) electrons. The summed E-state index contributed by atoms with van der Waals surface area (Å²) in [4.78, 5) is 0. The minimum absolute atomic E-state index is 0.0739. The summed E-state index contributed by atoms with van der Waals surface area (Å²) in [6.45, 7) is 4.55. The second kappa shape index (κ2) is 3.26. The van der Waals surface area contributed by atoms with Gasteiger partial charge in [0.15, 0.2) is 0 Å². The van der Waals surface area contributed by atoms with Crippen LogP contribution in [0.3, 0.4) is 0 Å². The standard InChI is InChI=1S/C16H22O/c1-12-13-6-5-10-16(13)11-7-14(17-16)15(12)8-3-2-4-9-15/h7,11,13-14H,1-6,8-10H2/t13-,14-,16+/m0/s1. The fraction of sp³-hybridized carbons (Fsp3) is 0.750. The van der Waals surface area contributed by atoms with Gasteiger partial charge in [0, 0.05) is 11.3 Å². The maximum atomic E-state index is 6.50. The van der Waals surface area contributed by atoms with Crippen molar-refractivity contribution in [2.45, 2.75) is 63.1 Å². The van der Waals surface area contributed by atoms with Crippen LogP contribution < -0.4 is 0 Å². The highest BCUT2D eigenvalue weighted by atomic mass is 16.5. The van der Waals surface area contributed by atoms with Gasteiger partial charge in [-0.25, -0.2) is 0 Å². The van der Waals surface area contributed by atoms with Crippen molar-refractivity contribution in [2.24, 2.45) is 11.3 Å². The molecular formula is C16H22O. The lowest BCUT2D eigenvalue weighted by Crippen LogP contribution is -2.51. The van der Waals surface area contributed by atoms with Crippen LogP contribution in [0.25, 0.3) is 0 Å². The van der Waals surface area contributed by atoms with Crippen LogP contribution in [0.4, 0.5) is 0 Å². The highest BCUT2D eigenvalue weighted by Crippen LogP contribution is 2.62. The largest absolute Gasteiger partial charge is 0.362 e. The van der Waals surface area contributed by atoms with Crippen LogP contribution in [0.1, 0.15) is 51.4 Å². The van der Waals surface area contributed by atoms with E-state index in [9.17, 15) is 0 Å². The van der Waals surface area contributed by atoms with Crippen molar-refractivity contribution in [1.29, 1.82) is 0 Å². The molecular weight excluding hydrogens is 208 g/mol. The van der Waals surface area contributed by atoms with E-state index in [4.69, 9.17) is 4.74 Å². The van der Waals surface area contributed by atoms with Crippen LogP contribution in [0.5, 0.6) is 0 Å². The van der Waals surface area contributed by atoms with Crippen LogP contribution in [0.15, 0.2) is 24.3 Å². The highest BCUT2D eigenvalue weighted by molar-refractivity contribution is 5.36. The average molecular weight is 230 g/mol. The average Bonchev–Trinajstić information content (AvgIpc) is 2.96. The Bertz CT molecular complexity index is 388. The normalized spacial score (nSPS) is 46.5. The summed E-state index contributed by atoms with van der Waals surface area (Å²) in [5, 5.41) is 0. The van der Waals surface area contributed by atoms with E-state index in [-0.39, 0.29) is 5.60 Å². The monoisotopic (exact) mass is 230 g/mol. The zero-order valence-corrected chi connectivity index (χ0v) is 10.6. The molecule has 0 aromatic carbocycles. The van der Waals surface area contributed by atoms with Gasteiger partial charge in [-0.3, -0.25) is 0 Å². The predicted octanol–water partition coefficient (Wildman–Crippen LogP) is 4.00. The molecule has 4 rings (SSSR count). The Balaban J connectivity index is 1.78. The number of rotatable bonds is 0. The van der Waals surface area contributed by atoms with Crippen LogP contribution in [-0.4, -0.2) is 11.7 Å². The van der Waals surface area contributed by atoms with Crippen LogP contribution in [0.2, 0.25) is 0 Å². The Morgan fingerprint density at radius 3 is 2.76 bits per heavy atom. The molecule has 2 saturated carbocycles. The Labute approximate surface area is 104 Å². The lowest BCUT2D eigenvalue weighted by atomic mass is 9.61. The molecule has 2 aliphatic carbocycles. The van der Waals surface area contributed by atoms with Gasteiger partial charge in [0.05, 0.1) is 11.7 Å². The van der Waals surface area contributed by atoms with Gasteiger partial charge in [-0.15, -0.1) is 0 Å². The molecule has 2 bridgehead atoms. The van der Waals surface area contributed by atoms with Gasteiger partial charge in [0.2, 0.25) is 0 Å². The maximum Gasteiger partial charge on any atom is 0.0936 e. The summed E-state index contributed by atoms with van der Waals surface area (Å²) in [5.74, 6) is 0.621. The number of hydrogen-bond donors (Lipinski definition) is 0. The third-order valence-corrected chi connectivity index (χ3v) is 5.90. The van der Waals surface area contributed by atoms with Crippen molar-refractivity contribution >= 4 is 0 Å². The van der Waals surface area contributed by atoms with Gasteiger partial charge in [-0.2, -0.15) is 0 Å². The molecule has 2 spiro atoms. The fourth-order valence-corrected chi connectivity index (χ4v) is 4.99. The summed E-state index contributed by atoms with van der Waals surface area (Å²) in [5.41, 5.74) is 1.93. The Morgan fingerprint density at radius 2 is 1.94 bits per heavy atom. The van der Waals surface area contributed by atoms with E-state index in [1.54, 1.807) is 5.57 Å². The smallest absolute Gasteiger partial charge is 0.0936 e. The molecule has 1 nitrogen and oxygen atoms in total. The molecule has 17 heavy (non-hydrogen) atoms. The fourth-order valence-electron chi connectivity index (χ4n) is 4.99. The van der Waals surface area contributed by atoms with Gasteiger partial charge in [-0.05, 0) is 32.1 Å². The first-order chi connectivity index (χ1) is 8.27. The first kappa shape index (κ1) is 10.4. The number of ether oxygens (including phenoxy) is 1. The minimum Gasteiger partial charge on any atom is -0.362 e. The van der Waals surface area contributed by atoms with Gasteiger partial charge >= 0.3 is 0 Å². The molecule has 4 aliphatic rings. The first-order valence-electron chi connectivity index (χ1n) is 7.33. The number of hydrogen-bond acceptors (Lipinski definition) is 1. The molecule has 0 aromatic rings. The lowest BCUT2D eigenvalue weighted by Gasteiger charge is -2.52. The summed E-state index contributed by atoms with van der Waals surface area (Å²) in [7, 11) is 0. The third kappa shape index (κ3) is 1.14. The van der Waals surface area contributed by atoms with E-state index in [0.29, 0.717) is 17.4 Å². The molecule has 0 N–H and O–H groups in total. The Hall–Kier alpha value is -0.560. The molecule has 92 valence electrons. The van der Waals surface area contributed by atoms with Crippen molar-refractivity contribution in [3.05, 3.63) is 24.3 Å². The zero-order chi connectivity index (χ0) is 11.5. The van der Waals surface area contributed by atoms with E-state index in [2.05, 4.69) is 18.7 Å². The second-order valence-corrected chi connectivity index (χ2v) is 6.54. The van der Waals surface area contributed by atoms with E-state index >= 15 is 0 Å². The predicted molar refractivity (Wildman–Crippen MR) is 68.7 cm³/mol. The summed E-state index contributed by atoms with van der Waals surface area (Å²) in [6.07, 6.45) is 15.7. The minimum atomic E-state index is 0.0739. The summed E-state index contributed by atoms with van der Waals surface area (Å²) >= 11 is 0. The second-order valence-electron chi connectivity index (χ2n) is 6.54. The molecule has 2 heterocycles. The first-order valence-corrected chi connectivity index (χ1v) is 7.33. The van der Waals surface area contributed by atoms with Crippen molar-refractivity contribution in [2.75, 3.05) is 0 Å². The number of fused-ring (bicyclic) bond motifs is 2. The van der Waals surface area contributed by atoms with Crippen LogP contribution in [-0.2, 0) is 4.74 Å². The quantitative estimate of drug-likeness (QED) is 0.571. The van der Waals surface area contributed by atoms with E-state index in [1.807, 2.05) is 0 Å². The Morgan fingerprint density at radius 1 is 1.12 bits per heavy atom. The van der Waals surface area contributed by atoms with Crippen LogP contribution >= 0.6 is 0 Å². The molecule has 3 fully saturated rings. The topological polar surface area (TPSA) is 9.23 Å². The van der Waals surface area contributed by atoms with Gasteiger partial charge < -0.3 is 4.74 Å².